The van der Waals surface area contributed by atoms with Gasteiger partial charge in [-0.15, -0.1) is 0 Å². The van der Waals surface area contributed by atoms with Gasteiger partial charge in [0.2, 0.25) is 5.91 Å². The number of hydrogen-bond acceptors (Lipinski definition) is 10. The minimum Gasteiger partial charge on any atom is -0.454 e. The molecule has 1 aliphatic heterocycles. The van der Waals surface area contributed by atoms with Crippen molar-refractivity contribution in [2.75, 3.05) is 13.2 Å². The molecule has 0 aromatic carbocycles. The van der Waals surface area contributed by atoms with Crippen LogP contribution in [0.5, 0.6) is 0 Å². The van der Waals surface area contributed by atoms with Crippen LogP contribution in [0.15, 0.2) is 146 Å². The van der Waals surface area contributed by atoms with Crippen molar-refractivity contribution in [1.29, 1.82) is 0 Å². The number of amides is 1. The highest BCUT2D eigenvalue weighted by Gasteiger charge is 2.47. The van der Waals surface area contributed by atoms with Gasteiger partial charge in [-0.3, -0.25) is 9.59 Å². The van der Waals surface area contributed by atoms with E-state index in [0.29, 0.717) is 19.3 Å². The van der Waals surface area contributed by atoms with Crippen LogP contribution >= 0.6 is 0 Å². The average Bonchev–Trinajstić information content (AvgIpc) is 3.67. The van der Waals surface area contributed by atoms with Gasteiger partial charge in [-0.25, -0.2) is 0 Å². The van der Waals surface area contributed by atoms with E-state index in [1.54, 1.807) is 6.08 Å². The zero-order valence-corrected chi connectivity index (χ0v) is 52.7. The Morgan fingerprint density at radius 2 is 0.857 bits per heavy atom. The molecule has 1 heterocycles. The third kappa shape index (κ3) is 45.8. The Morgan fingerprint density at radius 1 is 0.476 bits per heavy atom. The molecule has 1 rings (SSSR count). The van der Waals surface area contributed by atoms with Crippen LogP contribution in [0.1, 0.15) is 239 Å². The van der Waals surface area contributed by atoms with E-state index < -0.39 is 67.4 Å². The number of aliphatic hydroxyl groups is 5. The Balaban J connectivity index is 2.66. The van der Waals surface area contributed by atoms with Gasteiger partial charge in [0.1, 0.15) is 24.4 Å². The van der Waals surface area contributed by atoms with Crippen molar-refractivity contribution in [3.8, 4) is 0 Å². The number of carbonyl (C=O) groups excluding carboxylic acids is 2. The highest BCUT2D eigenvalue weighted by molar-refractivity contribution is 5.80. The molecule has 0 radical (unpaired) electrons. The van der Waals surface area contributed by atoms with E-state index in [1.807, 2.05) is 18.2 Å². The first-order valence-corrected chi connectivity index (χ1v) is 33.1. The lowest BCUT2D eigenvalue weighted by atomic mass is 9.99. The number of unbranched alkanes of at least 4 members (excludes halogenated alkanes) is 18. The molecule has 6 N–H and O–H groups in total. The Bertz CT molecular complexity index is 1920. The van der Waals surface area contributed by atoms with E-state index in [1.165, 1.54) is 44.9 Å². The molecule has 8 atom stereocenters. The van der Waals surface area contributed by atoms with Crippen molar-refractivity contribution >= 4 is 11.9 Å². The number of ether oxygens (including phenoxy) is 3. The fourth-order valence-electron chi connectivity index (χ4n) is 9.34. The lowest BCUT2D eigenvalue weighted by Gasteiger charge is -2.41. The Kier molecular flexibility index (Phi) is 54.4. The fourth-order valence-corrected chi connectivity index (χ4v) is 9.34. The van der Waals surface area contributed by atoms with Crippen molar-refractivity contribution in [2.45, 2.75) is 288 Å². The third-order valence-corrected chi connectivity index (χ3v) is 14.5. The van der Waals surface area contributed by atoms with Crippen LogP contribution in [0.4, 0.5) is 0 Å². The summed E-state index contributed by atoms with van der Waals surface area (Å²) in [6.45, 7) is 5.51. The van der Waals surface area contributed by atoms with E-state index in [9.17, 15) is 35.1 Å². The summed E-state index contributed by atoms with van der Waals surface area (Å²) in [5, 5.41) is 57.1. The lowest BCUT2D eigenvalue weighted by Crippen LogP contribution is -2.61. The molecule has 1 fully saturated rings. The third-order valence-electron chi connectivity index (χ3n) is 14.5. The molecule has 84 heavy (non-hydrogen) atoms. The van der Waals surface area contributed by atoms with Crippen molar-refractivity contribution in [3.05, 3.63) is 146 Å². The highest BCUT2D eigenvalue weighted by atomic mass is 16.7. The lowest BCUT2D eigenvalue weighted by molar-refractivity contribution is -0.305. The number of carbonyl (C=O) groups is 2. The maximum Gasteiger partial charge on any atom is 0.306 e. The van der Waals surface area contributed by atoms with E-state index >= 15 is 0 Å². The molecule has 0 saturated carbocycles. The van der Waals surface area contributed by atoms with Crippen LogP contribution in [0.25, 0.3) is 0 Å². The summed E-state index contributed by atoms with van der Waals surface area (Å²) in [6, 6.07) is -1.05. The Morgan fingerprint density at radius 3 is 1.29 bits per heavy atom. The van der Waals surface area contributed by atoms with Gasteiger partial charge in [0.05, 0.1) is 25.4 Å². The number of esters is 1. The van der Waals surface area contributed by atoms with E-state index in [0.717, 1.165) is 141 Å². The van der Waals surface area contributed by atoms with E-state index in [2.05, 4.69) is 148 Å². The normalized spacial score (nSPS) is 19.5. The quantitative estimate of drug-likeness (QED) is 0.0195. The summed E-state index contributed by atoms with van der Waals surface area (Å²) in [6.07, 6.45) is 74.6. The minimum absolute atomic E-state index is 0.0363. The molecule has 0 spiro atoms. The molecular formula is C73H119NO10. The molecular weight excluding hydrogens is 1050 g/mol. The number of allylic oxidation sites excluding steroid dienone is 23. The maximum atomic E-state index is 13.5. The van der Waals surface area contributed by atoms with Crippen LogP contribution in [0.2, 0.25) is 0 Å². The molecule has 11 heteroatoms. The first-order chi connectivity index (χ1) is 41.2. The van der Waals surface area contributed by atoms with Gasteiger partial charge < -0.3 is 45.1 Å². The molecule has 0 aliphatic carbocycles. The molecule has 8 unspecified atom stereocenters. The molecule has 1 saturated heterocycles. The van der Waals surface area contributed by atoms with Crippen LogP contribution in [-0.4, -0.2) is 99.6 Å². The van der Waals surface area contributed by atoms with Crippen LogP contribution in [-0.2, 0) is 23.8 Å². The van der Waals surface area contributed by atoms with Crippen molar-refractivity contribution in [3.63, 3.8) is 0 Å². The smallest absolute Gasteiger partial charge is 0.306 e. The predicted molar refractivity (Wildman–Crippen MR) is 351 cm³/mol. The molecule has 1 amide bonds. The fraction of sp³-hybridized carbons (Fsp3) is 0.644. The summed E-state index contributed by atoms with van der Waals surface area (Å²) < 4.78 is 17.6. The predicted octanol–water partition coefficient (Wildman–Crippen LogP) is 16.6. The van der Waals surface area contributed by atoms with Gasteiger partial charge in [0, 0.05) is 6.42 Å². The van der Waals surface area contributed by atoms with Crippen molar-refractivity contribution in [2.24, 2.45) is 0 Å². The van der Waals surface area contributed by atoms with Crippen molar-refractivity contribution < 1.29 is 49.3 Å². The molecule has 0 aromatic rings. The molecule has 476 valence electrons. The molecule has 0 aromatic heterocycles. The maximum absolute atomic E-state index is 13.5. The second kappa shape index (κ2) is 58.9. The van der Waals surface area contributed by atoms with Gasteiger partial charge in [0.15, 0.2) is 12.4 Å². The van der Waals surface area contributed by atoms with Gasteiger partial charge >= 0.3 is 5.97 Å². The van der Waals surface area contributed by atoms with Gasteiger partial charge in [-0.2, -0.15) is 0 Å². The summed E-state index contributed by atoms with van der Waals surface area (Å²) >= 11 is 0. The topological polar surface area (TPSA) is 175 Å². The second-order valence-corrected chi connectivity index (χ2v) is 22.1. The summed E-state index contributed by atoms with van der Waals surface area (Å²) in [5.41, 5.74) is 0. The summed E-state index contributed by atoms with van der Waals surface area (Å²) in [7, 11) is 0. The zero-order chi connectivity index (χ0) is 61.0. The molecule has 1 aliphatic rings. The monoisotopic (exact) mass is 1170 g/mol. The summed E-state index contributed by atoms with van der Waals surface area (Å²) in [5.74, 6) is -1.28. The summed E-state index contributed by atoms with van der Waals surface area (Å²) in [4.78, 5) is 26.6. The number of rotatable bonds is 54. The average molecular weight is 1170 g/mol. The van der Waals surface area contributed by atoms with Gasteiger partial charge in [-0.05, 0) is 116 Å². The van der Waals surface area contributed by atoms with Crippen molar-refractivity contribution in [1.82, 2.24) is 5.32 Å². The van der Waals surface area contributed by atoms with Crippen LogP contribution in [0.3, 0.4) is 0 Å². The van der Waals surface area contributed by atoms with E-state index in [4.69, 9.17) is 14.2 Å². The molecule has 11 nitrogen and oxygen atoms in total. The first kappa shape index (κ1) is 77.6. The Labute approximate surface area is 511 Å². The number of hydrogen-bond donors (Lipinski definition) is 6. The van der Waals surface area contributed by atoms with Gasteiger partial charge in [0.25, 0.3) is 0 Å². The van der Waals surface area contributed by atoms with E-state index in [-0.39, 0.29) is 19.4 Å². The standard InChI is InChI=1S/C73H119NO10/c1-4-7-10-13-16-19-22-25-27-29-30-31-32-33-34-35-36-37-39-40-42-45-48-51-54-57-60-66(77)72(81)74-64(65(76)59-56-53-50-47-44-24-21-18-15-12-9-6-3)63-82-73-71(70(80)69(79)67(62-75)83-73)84-68(78)61-58-55-52-49-46-43-41-38-28-26-23-20-17-14-11-8-5-2/h7-8,10-11,16-17,19-20,25-28,30-31,33-34,36-37,41,43,49,52,56,59,64-67,69-71,73,75-77,79-80H,4-6,9,12-15,18,21-24,29,32,35,38-40,42,44-48,50-51,53-55,57-58,60-63H2,1-3H3,(H,74,81)/b10-7-,11-8-,19-16-,20-17-,27-25-,28-26-,31-30-,34-33-,37-36-,43-41-,52-49-,59-56+. The largest absolute Gasteiger partial charge is 0.454 e. The SMILES string of the molecule is CC/C=C\C/C=C\C/C=C\C/C=C\C/C=C\C/C=C\CCCCCCCCCC(O)C(=O)NC(COC1OC(CO)C(O)C(O)C1OC(=O)CCC/C=C\C/C=C\C/C=C\C/C=C\C/C=C\CC)C(O)/C=C/CCCCCCCCCCCC. The Hall–Kier alpha value is -4.46. The van der Waals surface area contributed by atoms with Crippen LogP contribution < -0.4 is 5.32 Å². The van der Waals surface area contributed by atoms with Gasteiger partial charge in [-0.1, -0.05) is 263 Å². The number of nitrogens with one attached hydrogen (secondary N) is 1. The first-order valence-electron chi connectivity index (χ1n) is 33.1. The highest BCUT2D eigenvalue weighted by Crippen LogP contribution is 2.26. The van der Waals surface area contributed by atoms with Crippen LogP contribution in [0, 0.1) is 0 Å². The second-order valence-electron chi connectivity index (χ2n) is 22.1. The minimum atomic E-state index is -1.65. The zero-order valence-electron chi connectivity index (χ0n) is 52.7. The number of aliphatic hydroxyl groups excluding tert-OH is 5. The molecule has 0 bridgehead atoms.